The molecular formula is C22H25N3O. The summed E-state index contributed by atoms with van der Waals surface area (Å²) in [5.74, 6) is 0. The summed E-state index contributed by atoms with van der Waals surface area (Å²) in [6, 6.07) is 16.0. The number of rotatable bonds is 6. The molecule has 0 unspecified atom stereocenters. The van der Waals surface area contributed by atoms with E-state index < -0.39 is 0 Å². The van der Waals surface area contributed by atoms with Gasteiger partial charge < -0.3 is 0 Å². The molecule has 4 heteroatoms. The van der Waals surface area contributed by atoms with E-state index in [9.17, 15) is 4.79 Å². The Balaban J connectivity index is 2.15. The molecule has 0 spiro atoms. The summed E-state index contributed by atoms with van der Waals surface area (Å²) in [7, 11) is 0. The molecule has 134 valence electrons. The van der Waals surface area contributed by atoms with Gasteiger partial charge in [0.1, 0.15) is 0 Å². The van der Waals surface area contributed by atoms with Gasteiger partial charge in [-0.3, -0.25) is 9.69 Å². The Morgan fingerprint density at radius 3 is 2.38 bits per heavy atom. The highest BCUT2D eigenvalue weighted by Gasteiger charge is 2.14. The second-order valence-electron chi connectivity index (χ2n) is 6.81. The van der Waals surface area contributed by atoms with Crippen LogP contribution in [0.25, 0.3) is 22.0 Å². The van der Waals surface area contributed by atoms with Crippen LogP contribution in [0.3, 0.4) is 0 Å². The molecule has 0 radical (unpaired) electrons. The molecule has 0 aliphatic rings. The summed E-state index contributed by atoms with van der Waals surface area (Å²) in [4.78, 5) is 15.1. The third kappa shape index (κ3) is 3.75. The highest BCUT2D eigenvalue weighted by molar-refractivity contribution is 5.93. The third-order valence-electron chi connectivity index (χ3n) is 4.47. The number of benzene rings is 2. The zero-order valence-corrected chi connectivity index (χ0v) is 15.7. The van der Waals surface area contributed by atoms with Crippen LogP contribution in [0.1, 0.15) is 19.4 Å². The van der Waals surface area contributed by atoms with E-state index in [4.69, 9.17) is 5.10 Å². The first kappa shape index (κ1) is 18.1. The van der Waals surface area contributed by atoms with Crippen LogP contribution in [-0.2, 0) is 6.67 Å². The van der Waals surface area contributed by atoms with Gasteiger partial charge in [-0.05, 0) is 26.5 Å². The van der Waals surface area contributed by atoms with Crippen LogP contribution in [0, 0.1) is 6.92 Å². The summed E-state index contributed by atoms with van der Waals surface area (Å²) >= 11 is 0. The van der Waals surface area contributed by atoms with E-state index in [1.807, 2.05) is 31.2 Å². The van der Waals surface area contributed by atoms with Crippen LogP contribution in [0.2, 0.25) is 0 Å². The highest BCUT2D eigenvalue weighted by atomic mass is 16.1. The molecule has 26 heavy (non-hydrogen) atoms. The summed E-state index contributed by atoms with van der Waals surface area (Å²) in [6.45, 7) is 12.1. The van der Waals surface area contributed by atoms with Crippen LogP contribution < -0.4 is 5.56 Å². The van der Waals surface area contributed by atoms with Gasteiger partial charge in [0.25, 0.3) is 5.56 Å². The minimum absolute atomic E-state index is 0.0587. The van der Waals surface area contributed by atoms with Gasteiger partial charge in [-0.15, -0.1) is 0 Å². The number of aromatic nitrogens is 2. The molecule has 4 nitrogen and oxygen atoms in total. The SMILES string of the molecule is C=C(C)CN(CC)Cn1nc(-c2ccc(C)cc2)c2ccccc2c1=O. The number of fused-ring (bicyclic) bond motifs is 1. The van der Waals surface area contributed by atoms with Crippen molar-refractivity contribution in [1.82, 2.24) is 14.7 Å². The van der Waals surface area contributed by atoms with Crippen LogP contribution in [0.15, 0.2) is 65.5 Å². The molecule has 1 aromatic heterocycles. The molecule has 0 N–H and O–H groups in total. The maximum atomic E-state index is 13.0. The van der Waals surface area contributed by atoms with Crippen molar-refractivity contribution in [3.05, 3.63) is 76.6 Å². The Morgan fingerprint density at radius 2 is 1.77 bits per heavy atom. The average molecular weight is 347 g/mol. The maximum absolute atomic E-state index is 13.0. The summed E-state index contributed by atoms with van der Waals surface area (Å²) in [5.41, 5.74) is 4.07. The highest BCUT2D eigenvalue weighted by Crippen LogP contribution is 2.24. The first-order chi connectivity index (χ1) is 12.5. The van der Waals surface area contributed by atoms with E-state index in [1.165, 1.54) is 5.56 Å². The van der Waals surface area contributed by atoms with Gasteiger partial charge in [-0.25, -0.2) is 4.68 Å². The van der Waals surface area contributed by atoms with Gasteiger partial charge in [-0.1, -0.05) is 67.1 Å². The van der Waals surface area contributed by atoms with E-state index in [1.54, 1.807) is 4.68 Å². The largest absolute Gasteiger partial charge is 0.281 e. The van der Waals surface area contributed by atoms with Crippen molar-refractivity contribution in [2.75, 3.05) is 13.1 Å². The Morgan fingerprint density at radius 1 is 1.12 bits per heavy atom. The van der Waals surface area contributed by atoms with Gasteiger partial charge in [0.05, 0.1) is 17.7 Å². The van der Waals surface area contributed by atoms with Gasteiger partial charge in [0, 0.05) is 17.5 Å². The average Bonchev–Trinajstić information content (AvgIpc) is 2.64. The Bertz CT molecular complexity index is 986. The zero-order chi connectivity index (χ0) is 18.7. The van der Waals surface area contributed by atoms with Gasteiger partial charge in [-0.2, -0.15) is 5.10 Å². The molecule has 2 aromatic carbocycles. The Labute approximate surface area is 154 Å². The van der Waals surface area contributed by atoms with Crippen LogP contribution in [0.4, 0.5) is 0 Å². The van der Waals surface area contributed by atoms with Crippen LogP contribution in [0.5, 0.6) is 0 Å². The molecule has 0 saturated heterocycles. The predicted octanol–water partition coefficient (Wildman–Crippen LogP) is 4.23. The van der Waals surface area contributed by atoms with Crippen molar-refractivity contribution < 1.29 is 0 Å². The van der Waals surface area contributed by atoms with Crippen LogP contribution >= 0.6 is 0 Å². The number of nitrogens with zero attached hydrogens (tertiary/aromatic N) is 3. The van der Waals surface area contributed by atoms with E-state index in [2.05, 4.69) is 49.6 Å². The molecule has 0 atom stereocenters. The fourth-order valence-corrected chi connectivity index (χ4v) is 3.09. The lowest BCUT2D eigenvalue weighted by Crippen LogP contribution is -2.35. The molecule has 0 saturated carbocycles. The van der Waals surface area contributed by atoms with Crippen molar-refractivity contribution in [2.45, 2.75) is 27.4 Å². The van der Waals surface area contributed by atoms with Gasteiger partial charge in [0.15, 0.2) is 0 Å². The first-order valence-electron chi connectivity index (χ1n) is 8.93. The molecule has 0 amide bonds. The first-order valence-corrected chi connectivity index (χ1v) is 8.93. The fourth-order valence-electron chi connectivity index (χ4n) is 3.09. The second kappa shape index (κ2) is 7.67. The lowest BCUT2D eigenvalue weighted by atomic mass is 10.0. The van der Waals surface area contributed by atoms with Crippen molar-refractivity contribution >= 4 is 10.8 Å². The third-order valence-corrected chi connectivity index (χ3v) is 4.47. The molecular weight excluding hydrogens is 322 g/mol. The minimum atomic E-state index is -0.0587. The van der Waals surface area contributed by atoms with Crippen molar-refractivity contribution in [1.29, 1.82) is 0 Å². The topological polar surface area (TPSA) is 38.1 Å². The Kier molecular flexibility index (Phi) is 5.33. The molecule has 0 bridgehead atoms. The smallest absolute Gasteiger partial charge is 0.275 e. The van der Waals surface area contributed by atoms with E-state index in [0.29, 0.717) is 12.1 Å². The minimum Gasteiger partial charge on any atom is -0.281 e. The molecule has 3 rings (SSSR count). The van der Waals surface area contributed by atoms with Crippen molar-refractivity contribution in [3.8, 4) is 11.3 Å². The molecule has 1 heterocycles. The number of likely N-dealkylation sites (N-methyl/N-ethyl adjacent to an activating group) is 1. The quantitative estimate of drug-likeness (QED) is 0.626. The number of aryl methyl sites for hydroxylation is 1. The normalized spacial score (nSPS) is 11.2. The van der Waals surface area contributed by atoms with Crippen molar-refractivity contribution in [2.24, 2.45) is 0 Å². The zero-order valence-electron chi connectivity index (χ0n) is 15.7. The number of hydrogen-bond donors (Lipinski definition) is 0. The second-order valence-corrected chi connectivity index (χ2v) is 6.81. The lowest BCUT2D eigenvalue weighted by molar-refractivity contribution is 0.231. The fraction of sp³-hybridized carbons (Fsp3) is 0.273. The Hall–Kier alpha value is -2.72. The maximum Gasteiger partial charge on any atom is 0.275 e. The van der Waals surface area contributed by atoms with Crippen molar-refractivity contribution in [3.63, 3.8) is 0 Å². The van der Waals surface area contributed by atoms with E-state index in [-0.39, 0.29) is 5.56 Å². The van der Waals surface area contributed by atoms with E-state index >= 15 is 0 Å². The predicted molar refractivity (Wildman–Crippen MR) is 108 cm³/mol. The van der Waals surface area contributed by atoms with E-state index in [0.717, 1.165) is 35.3 Å². The number of hydrogen-bond acceptors (Lipinski definition) is 3. The van der Waals surface area contributed by atoms with Gasteiger partial charge >= 0.3 is 0 Å². The molecule has 0 fully saturated rings. The molecule has 0 aliphatic heterocycles. The monoisotopic (exact) mass is 347 g/mol. The summed E-state index contributed by atoms with van der Waals surface area (Å²) < 4.78 is 1.57. The van der Waals surface area contributed by atoms with Crippen LogP contribution in [-0.4, -0.2) is 27.8 Å². The molecule has 3 aromatic rings. The summed E-state index contributed by atoms with van der Waals surface area (Å²) in [6.07, 6.45) is 0. The van der Waals surface area contributed by atoms with Gasteiger partial charge in [0.2, 0.25) is 0 Å². The standard InChI is InChI=1S/C22H25N3O/c1-5-24(14-16(2)3)15-25-22(26)20-9-7-6-8-19(20)21(23-25)18-12-10-17(4)11-13-18/h6-13H,2,5,14-15H2,1,3-4H3. The summed E-state index contributed by atoms with van der Waals surface area (Å²) in [5, 5.41) is 6.32. The lowest BCUT2D eigenvalue weighted by Gasteiger charge is -2.21. The molecule has 0 aliphatic carbocycles.